The molecule has 9 aromatic carbocycles. The number of para-hydroxylation sites is 1. The molecule has 0 saturated carbocycles. The number of hydrogen-bond acceptors (Lipinski definition) is 7. The van der Waals surface area contributed by atoms with Gasteiger partial charge in [0, 0.05) is 80.7 Å². The van der Waals surface area contributed by atoms with Gasteiger partial charge in [-0.05, 0) is 174 Å². The number of fused-ring (bicyclic) bond motifs is 4. The predicted molar refractivity (Wildman–Crippen MR) is 485 cm³/mol. The monoisotopic (exact) mass is 1610 g/mol. The van der Waals surface area contributed by atoms with Crippen LogP contribution in [0.2, 0.25) is 5.02 Å². The number of nitrogens with one attached hydrogen (secondary N) is 1. The van der Waals surface area contributed by atoms with Gasteiger partial charge in [-0.1, -0.05) is 323 Å². The predicted octanol–water partition coefficient (Wildman–Crippen LogP) is 27.9. The summed E-state index contributed by atoms with van der Waals surface area (Å²) in [4.78, 5) is 49.5. The number of rotatable bonds is 5. The lowest BCUT2D eigenvalue weighted by molar-refractivity contribution is -0.384. The first-order chi connectivity index (χ1) is 54.0. The third-order valence-corrected chi connectivity index (χ3v) is 20.3. The van der Waals surface area contributed by atoms with Gasteiger partial charge < -0.3 is 14.6 Å². The van der Waals surface area contributed by atoms with Crippen molar-refractivity contribution in [2.75, 3.05) is 17.3 Å². The molecule has 4 heterocycles. The highest BCUT2D eigenvalue weighted by atomic mass is 35.5. The Kier molecular flexibility index (Phi) is 32.0. The Balaban J connectivity index is 0.000000209. The van der Waals surface area contributed by atoms with E-state index in [1.165, 1.54) is 89.9 Å². The molecule has 0 spiro atoms. The first kappa shape index (κ1) is 95.4. The zero-order chi connectivity index (χ0) is 87.8. The summed E-state index contributed by atoms with van der Waals surface area (Å²) in [6, 6.07) is 70.9. The molecule has 0 radical (unpaired) electrons. The summed E-state index contributed by atoms with van der Waals surface area (Å²) < 4.78 is 44.8. The lowest BCUT2D eigenvalue weighted by Crippen LogP contribution is -2.29. The fourth-order valence-electron chi connectivity index (χ4n) is 12.6. The quantitative estimate of drug-likeness (QED) is 0.103. The van der Waals surface area contributed by atoms with Crippen LogP contribution in [-0.4, -0.2) is 39.3 Å². The topological polar surface area (TPSA) is 137 Å². The van der Waals surface area contributed by atoms with E-state index in [0.717, 1.165) is 51.5 Å². The van der Waals surface area contributed by atoms with Crippen LogP contribution in [0.15, 0.2) is 237 Å². The van der Waals surface area contributed by atoms with Crippen LogP contribution >= 0.6 is 11.6 Å². The van der Waals surface area contributed by atoms with Gasteiger partial charge in [0.15, 0.2) is 0 Å². The molecule has 0 saturated heterocycles. The number of anilines is 2. The molecule has 11 aromatic rings. The molecule has 0 aliphatic carbocycles. The van der Waals surface area contributed by atoms with E-state index in [4.69, 9.17) is 16.3 Å². The summed E-state index contributed by atoms with van der Waals surface area (Å²) in [5.74, 6) is 0.413. The number of halogens is 4. The first-order valence-corrected chi connectivity index (χ1v) is 40.4. The minimum absolute atomic E-state index is 0.0507. The SMILES string of the molecule is CC(C)(C)c1ccc(-c2ccccc2)cc1.CC(C)(C)c1ccc(N2C(=O)C=CC2=O)cc1.CC(C)(C)c1ccc([N+](=O)[O-])cc1.CC(C)(C)c1ccc2c(c1)NC(=O)C2.CC(C)(C)c1cccc(C(F)(F)F)c1.CC(C)(C)c1ccccn1.CCn1c2ccccc2c2cc(C(C)(C)C)ccc21.COc1cc(Cl)c(C)cc1C(C)(C)C. The van der Waals surface area contributed by atoms with Crippen molar-refractivity contribution < 1.29 is 37.2 Å². The number of methoxy groups -OCH3 is 1. The van der Waals surface area contributed by atoms with Crippen molar-refractivity contribution in [1.29, 1.82) is 0 Å². The Morgan fingerprint density at radius 3 is 1.37 bits per heavy atom. The van der Waals surface area contributed by atoms with Gasteiger partial charge in [-0.3, -0.25) is 29.5 Å². The number of ether oxygens (including phenoxy) is 1. The van der Waals surface area contributed by atoms with Gasteiger partial charge in [0.25, 0.3) is 17.5 Å². The molecule has 0 bridgehead atoms. The normalized spacial score (nSPS) is 12.9. The molecule has 0 fully saturated rings. The largest absolute Gasteiger partial charge is 0.496 e. The fraction of sp³-hybridized carbons (Fsp3) is 0.373. The van der Waals surface area contributed by atoms with E-state index in [0.29, 0.717) is 17.7 Å². The summed E-state index contributed by atoms with van der Waals surface area (Å²) in [5.41, 5.74) is 18.7. The molecule has 2 aliphatic heterocycles. The van der Waals surface area contributed by atoms with Crippen molar-refractivity contribution in [3.63, 3.8) is 0 Å². The van der Waals surface area contributed by atoms with Gasteiger partial charge in [0.2, 0.25) is 5.91 Å². The summed E-state index contributed by atoms with van der Waals surface area (Å²) in [6.07, 6.45) is 0.696. The summed E-state index contributed by atoms with van der Waals surface area (Å²) in [7, 11) is 1.68. The average molecular weight is 1610 g/mol. The maximum atomic E-state index is 12.4. The van der Waals surface area contributed by atoms with Crippen molar-refractivity contribution in [2.24, 2.45) is 0 Å². The zero-order valence-corrected chi connectivity index (χ0v) is 74.9. The van der Waals surface area contributed by atoms with Crippen molar-refractivity contribution in [2.45, 2.75) is 242 Å². The minimum Gasteiger partial charge on any atom is -0.496 e. The first-order valence-electron chi connectivity index (χ1n) is 40.0. The molecule has 0 unspecified atom stereocenters. The Bertz CT molecular complexity index is 5120. The second-order valence-corrected chi connectivity index (χ2v) is 38.2. The van der Waals surface area contributed by atoms with Crippen LogP contribution in [0, 0.1) is 17.0 Å². The number of amides is 3. The van der Waals surface area contributed by atoms with Crippen molar-refractivity contribution in [1.82, 2.24) is 9.55 Å². The number of benzene rings is 9. The van der Waals surface area contributed by atoms with Crippen LogP contribution in [0.1, 0.15) is 234 Å². The highest BCUT2D eigenvalue weighted by Crippen LogP contribution is 2.39. The number of hydrogen-bond donors (Lipinski definition) is 1. The van der Waals surface area contributed by atoms with Crippen LogP contribution < -0.4 is 15.0 Å². The molecule has 13 rings (SSSR count). The Morgan fingerprint density at radius 1 is 0.462 bits per heavy atom. The minimum atomic E-state index is -4.25. The van der Waals surface area contributed by atoms with E-state index in [9.17, 15) is 37.7 Å². The molecule has 3 amide bonds. The van der Waals surface area contributed by atoms with Gasteiger partial charge in [-0.2, -0.15) is 13.2 Å². The summed E-state index contributed by atoms with van der Waals surface area (Å²) in [6.45, 7) is 56.5. The van der Waals surface area contributed by atoms with E-state index >= 15 is 0 Å². The number of imide groups is 1. The van der Waals surface area contributed by atoms with E-state index in [1.54, 1.807) is 37.4 Å². The van der Waals surface area contributed by atoms with Crippen LogP contribution in [-0.2, 0) is 76.8 Å². The van der Waals surface area contributed by atoms with Crippen molar-refractivity contribution >= 4 is 68.2 Å². The number of aryl methyl sites for hydroxylation is 2. The van der Waals surface area contributed by atoms with Crippen LogP contribution in [0.4, 0.5) is 30.2 Å². The third-order valence-electron chi connectivity index (χ3n) is 19.9. The van der Waals surface area contributed by atoms with Crippen LogP contribution in [0.3, 0.4) is 0 Å². The van der Waals surface area contributed by atoms with Gasteiger partial charge in [-0.25, -0.2) is 4.90 Å². The number of alkyl halides is 3. The molecule has 15 heteroatoms. The number of non-ortho nitro benzene ring substituents is 1. The Morgan fingerprint density at radius 2 is 0.906 bits per heavy atom. The summed E-state index contributed by atoms with van der Waals surface area (Å²) >= 11 is 6.03. The van der Waals surface area contributed by atoms with Crippen LogP contribution in [0.5, 0.6) is 5.75 Å². The highest BCUT2D eigenvalue weighted by molar-refractivity contribution is 6.31. The second-order valence-electron chi connectivity index (χ2n) is 37.8. The lowest BCUT2D eigenvalue weighted by Gasteiger charge is -2.23. The lowest BCUT2D eigenvalue weighted by atomic mass is 9.85. The second kappa shape index (κ2) is 39.2. The van der Waals surface area contributed by atoms with Gasteiger partial charge in [0.05, 0.1) is 29.7 Å². The number of nitro groups is 1. The van der Waals surface area contributed by atoms with E-state index < -0.39 is 11.7 Å². The Labute approximate surface area is 700 Å². The van der Waals surface area contributed by atoms with Crippen molar-refractivity contribution in [3.05, 3.63) is 313 Å². The fourth-order valence-corrected chi connectivity index (χ4v) is 12.7. The number of aromatic nitrogens is 2. The number of pyridine rings is 1. The maximum Gasteiger partial charge on any atom is 0.416 e. The molecule has 1 N–H and O–H groups in total. The van der Waals surface area contributed by atoms with Gasteiger partial charge in [0.1, 0.15) is 5.75 Å². The molecule has 0 atom stereocenters. The molecule has 11 nitrogen and oxygen atoms in total. The Hall–Kier alpha value is -10.4. The van der Waals surface area contributed by atoms with E-state index in [1.807, 2.05) is 88.5 Å². The molecule has 2 aromatic heterocycles. The number of nitrogens with zero attached hydrogens (tertiary/aromatic N) is 4. The molecule has 622 valence electrons. The average Bonchev–Trinajstić information content (AvgIpc) is 1.60. The van der Waals surface area contributed by atoms with Gasteiger partial charge in [-0.15, -0.1) is 0 Å². The summed E-state index contributed by atoms with van der Waals surface area (Å²) in [5, 5.41) is 16.7. The van der Waals surface area contributed by atoms with Crippen LogP contribution in [0.25, 0.3) is 32.9 Å². The molecular formula is C102H125ClF3N5O6. The number of nitro benzene ring substituents is 1. The molecule has 117 heavy (non-hydrogen) atoms. The third kappa shape index (κ3) is 27.9. The maximum absolute atomic E-state index is 12.4. The molecular weight excluding hydrogens is 1480 g/mol. The van der Waals surface area contributed by atoms with E-state index in [-0.39, 0.29) is 71.7 Å². The smallest absolute Gasteiger partial charge is 0.416 e. The number of carbonyl (C=O) groups is 3. The highest BCUT2D eigenvalue weighted by Gasteiger charge is 2.32. The molecule has 2 aliphatic rings. The van der Waals surface area contributed by atoms with E-state index in [2.05, 4.69) is 282 Å². The zero-order valence-electron chi connectivity index (χ0n) is 74.2. The standard InChI is InChI=1S/C18H21N.C16H18.C14H15NO2.C12H17ClO.C12H15NO.C11H13F3.C10H13NO2.C9H13N/c1-5-19-16-9-7-6-8-14(16)15-12-13(18(2,3)4)10-11-17(15)19;1-16(2,3)15-11-9-14(10-12-15)13-7-5-4-6-8-13;1-14(2,3)10-4-6-11(7-5-10)15-12(16)8-9-13(15)17;1-8-6-9(12(2,3)4)11(14-5)7-10(8)13;1-12(2,3)9-5-4-8-6-11(14)13-10(8)7-9;1-10(2,3)8-5-4-6-9(7-8)11(12,13)14;1-10(2,3)8-4-6-9(7-5-8)11(12)13;1-9(2,3)8-6-4-5-7-10-8/h6-12H,5H2,1-4H3;4-12H,1-3H3;4-9H,1-3H3;6-7H,1-5H3;4-5,7H,6H2,1-3H3,(H,13,14);4-7H,1-3H3;4-7H,1-3H3;4-7H,1-3H3. The van der Waals surface area contributed by atoms with Gasteiger partial charge >= 0.3 is 6.18 Å². The van der Waals surface area contributed by atoms with Crippen molar-refractivity contribution in [3.8, 4) is 16.9 Å². The number of carbonyl (C=O) groups excluding carboxylic acids is 3.